The average molecular weight is 567 g/mol. The lowest BCUT2D eigenvalue weighted by molar-refractivity contribution is -0.141. The number of likely N-dealkylation sites (N-methyl/N-ethyl adjacent to an activating group) is 1. The number of hydrogen-bond donors (Lipinski definition) is 4. The first-order valence-corrected chi connectivity index (χ1v) is 14.2. The zero-order chi connectivity index (χ0) is 29.9. The van der Waals surface area contributed by atoms with Crippen LogP contribution in [-0.2, 0) is 27.2 Å². The number of carbonyl (C=O) groups excluding carboxylic acids is 3. The van der Waals surface area contributed by atoms with Gasteiger partial charge in [0.25, 0.3) is 0 Å². The van der Waals surface area contributed by atoms with Crippen LogP contribution in [0.1, 0.15) is 55.1 Å². The Morgan fingerprint density at radius 3 is 2.51 bits per heavy atom. The van der Waals surface area contributed by atoms with Gasteiger partial charge in [0.2, 0.25) is 17.7 Å². The average Bonchev–Trinajstić information content (AvgIpc) is 2.97. The number of aryl methyl sites for hydroxylation is 1. The van der Waals surface area contributed by atoms with Crippen molar-refractivity contribution in [3.63, 3.8) is 0 Å². The molecule has 41 heavy (non-hydrogen) atoms. The largest absolute Gasteiger partial charge is 0.492 e. The van der Waals surface area contributed by atoms with E-state index in [1.54, 1.807) is 26.1 Å². The molecule has 0 spiro atoms. The molecule has 0 saturated heterocycles. The van der Waals surface area contributed by atoms with E-state index in [1.165, 1.54) is 11.0 Å². The molecule has 2 aromatic rings. The highest BCUT2D eigenvalue weighted by atomic mass is 16.5. The summed E-state index contributed by atoms with van der Waals surface area (Å²) in [6.07, 6.45) is 2.06. The second kappa shape index (κ2) is 15.2. The van der Waals surface area contributed by atoms with Gasteiger partial charge in [-0.2, -0.15) is 0 Å². The number of amides is 3. The van der Waals surface area contributed by atoms with Crippen LogP contribution < -0.4 is 20.7 Å². The van der Waals surface area contributed by atoms with E-state index >= 15 is 0 Å². The fraction of sp³-hybridized carbons (Fsp3) is 0.484. The van der Waals surface area contributed by atoms with E-state index < -0.39 is 30.0 Å². The van der Waals surface area contributed by atoms with Gasteiger partial charge in [-0.3, -0.25) is 14.4 Å². The maximum atomic E-state index is 13.5. The molecule has 3 amide bonds. The van der Waals surface area contributed by atoms with Gasteiger partial charge in [-0.1, -0.05) is 50.6 Å². The van der Waals surface area contributed by atoms with Crippen LogP contribution in [0.3, 0.4) is 0 Å². The summed E-state index contributed by atoms with van der Waals surface area (Å²) in [5, 5.41) is 18.5. The van der Waals surface area contributed by atoms with E-state index in [2.05, 4.69) is 16.0 Å². The Labute approximate surface area is 241 Å². The molecule has 0 aliphatic carbocycles. The molecule has 10 nitrogen and oxygen atoms in total. The first kappa shape index (κ1) is 31.6. The summed E-state index contributed by atoms with van der Waals surface area (Å²) in [7, 11) is 1.60. The van der Waals surface area contributed by atoms with Gasteiger partial charge in [-0.15, -0.1) is 0 Å². The number of carboxylic acids is 1. The van der Waals surface area contributed by atoms with Crippen LogP contribution in [0.2, 0.25) is 0 Å². The molecule has 0 saturated carbocycles. The molecule has 1 aliphatic heterocycles. The number of benzene rings is 2. The number of rotatable bonds is 5. The number of fused-ring (bicyclic) bond motifs is 1. The van der Waals surface area contributed by atoms with Gasteiger partial charge < -0.3 is 30.7 Å². The summed E-state index contributed by atoms with van der Waals surface area (Å²) < 4.78 is 6.00. The third-order valence-electron chi connectivity index (χ3n) is 7.66. The van der Waals surface area contributed by atoms with Gasteiger partial charge in [0.1, 0.15) is 24.4 Å². The molecule has 0 bridgehead atoms. The molecule has 4 atom stereocenters. The molecule has 222 valence electrons. The Kier molecular flexibility index (Phi) is 11.7. The third kappa shape index (κ3) is 8.78. The summed E-state index contributed by atoms with van der Waals surface area (Å²) in [4.78, 5) is 53.1. The van der Waals surface area contributed by atoms with E-state index in [4.69, 9.17) is 4.74 Å². The quantitative estimate of drug-likeness (QED) is 0.436. The van der Waals surface area contributed by atoms with Crippen molar-refractivity contribution in [3.8, 4) is 5.75 Å². The molecule has 4 N–H and O–H groups in total. The number of hydrogen-bond acceptors (Lipinski definition) is 6. The van der Waals surface area contributed by atoms with Gasteiger partial charge in [-0.25, -0.2) is 4.79 Å². The zero-order valence-electron chi connectivity index (χ0n) is 24.3. The summed E-state index contributed by atoms with van der Waals surface area (Å²) in [5.74, 6) is -1.45. The summed E-state index contributed by atoms with van der Waals surface area (Å²) >= 11 is 0. The second-order valence-electron chi connectivity index (χ2n) is 10.6. The fourth-order valence-electron chi connectivity index (χ4n) is 4.74. The molecule has 0 fully saturated rings. The number of ether oxygens (including phenoxy) is 1. The van der Waals surface area contributed by atoms with Crippen molar-refractivity contribution >= 4 is 23.7 Å². The first-order chi connectivity index (χ1) is 19.6. The van der Waals surface area contributed by atoms with E-state index in [1.807, 2.05) is 44.2 Å². The lowest BCUT2D eigenvalue weighted by atomic mass is 9.97. The van der Waals surface area contributed by atoms with Crippen LogP contribution in [0.25, 0.3) is 0 Å². The molecule has 3 rings (SSSR count). The zero-order valence-corrected chi connectivity index (χ0v) is 24.3. The van der Waals surface area contributed by atoms with Crippen LogP contribution >= 0.6 is 0 Å². The van der Waals surface area contributed by atoms with Gasteiger partial charge in [0.05, 0.1) is 11.6 Å². The number of nitrogens with one attached hydrogen (secondary N) is 3. The SMILES string of the molecule is CC[C@H](C)[C@@H]1NCCOc2ccc(C(=O)O)cc2CCCNC(=O)[C@@H](Cc2ccccc2)NC(=O)[C@@H](C)N(C)C1=O. The Bertz CT molecular complexity index is 1200. The first-order valence-electron chi connectivity index (χ1n) is 14.2. The monoisotopic (exact) mass is 566 g/mol. The Hall–Kier alpha value is -3.92. The third-order valence-corrected chi connectivity index (χ3v) is 7.66. The maximum Gasteiger partial charge on any atom is 0.335 e. The van der Waals surface area contributed by atoms with E-state index in [9.17, 15) is 24.3 Å². The minimum absolute atomic E-state index is 0.00664. The van der Waals surface area contributed by atoms with Crippen molar-refractivity contribution in [1.82, 2.24) is 20.9 Å². The summed E-state index contributed by atoms with van der Waals surface area (Å²) in [5.41, 5.74) is 1.76. The van der Waals surface area contributed by atoms with Crippen molar-refractivity contribution in [2.45, 2.75) is 64.6 Å². The number of aromatic carboxylic acids is 1. The smallest absolute Gasteiger partial charge is 0.335 e. The van der Waals surface area contributed by atoms with Crippen molar-refractivity contribution in [3.05, 3.63) is 65.2 Å². The maximum absolute atomic E-state index is 13.5. The highest BCUT2D eigenvalue weighted by Gasteiger charge is 2.32. The summed E-state index contributed by atoms with van der Waals surface area (Å²) in [6.45, 7) is 6.59. The Morgan fingerprint density at radius 2 is 1.83 bits per heavy atom. The van der Waals surface area contributed by atoms with Crippen LogP contribution in [0.4, 0.5) is 0 Å². The molecular weight excluding hydrogens is 524 g/mol. The predicted molar refractivity (Wildman–Crippen MR) is 156 cm³/mol. The minimum atomic E-state index is -1.03. The van der Waals surface area contributed by atoms with Crippen molar-refractivity contribution < 1.29 is 29.0 Å². The van der Waals surface area contributed by atoms with Gasteiger partial charge in [0, 0.05) is 26.6 Å². The van der Waals surface area contributed by atoms with E-state index in [0.717, 1.165) is 17.5 Å². The predicted octanol–water partition coefficient (Wildman–Crippen LogP) is 2.40. The molecule has 10 heteroatoms. The molecule has 1 heterocycles. The molecule has 2 aromatic carbocycles. The number of carboxylic acid groups (broad SMARTS) is 1. The van der Waals surface area contributed by atoms with Crippen LogP contribution in [0.15, 0.2) is 48.5 Å². The molecule has 1 aliphatic rings. The van der Waals surface area contributed by atoms with Crippen LogP contribution in [0, 0.1) is 5.92 Å². The molecule has 0 unspecified atom stereocenters. The lowest BCUT2D eigenvalue weighted by Crippen LogP contribution is -2.57. The van der Waals surface area contributed by atoms with Crippen molar-refractivity contribution in [2.75, 3.05) is 26.7 Å². The van der Waals surface area contributed by atoms with E-state index in [-0.39, 0.29) is 29.9 Å². The van der Waals surface area contributed by atoms with Crippen LogP contribution in [0.5, 0.6) is 5.75 Å². The number of nitrogens with zero attached hydrogens (tertiary/aromatic N) is 1. The fourth-order valence-corrected chi connectivity index (χ4v) is 4.74. The van der Waals surface area contributed by atoms with Crippen LogP contribution in [-0.4, -0.2) is 78.6 Å². The topological polar surface area (TPSA) is 137 Å². The Morgan fingerprint density at radius 1 is 1.10 bits per heavy atom. The minimum Gasteiger partial charge on any atom is -0.492 e. The summed E-state index contributed by atoms with van der Waals surface area (Å²) in [6, 6.07) is 12.0. The highest BCUT2D eigenvalue weighted by Crippen LogP contribution is 2.22. The van der Waals surface area contributed by atoms with Crippen molar-refractivity contribution in [1.29, 1.82) is 0 Å². The van der Waals surface area contributed by atoms with Gasteiger partial charge >= 0.3 is 5.97 Å². The Balaban J connectivity index is 1.89. The normalized spacial score (nSPS) is 22.3. The van der Waals surface area contributed by atoms with Gasteiger partial charge in [0.15, 0.2) is 0 Å². The lowest BCUT2D eigenvalue weighted by Gasteiger charge is -2.32. The second-order valence-corrected chi connectivity index (χ2v) is 10.6. The number of carbonyl (C=O) groups is 4. The molecule has 0 radical (unpaired) electrons. The highest BCUT2D eigenvalue weighted by molar-refractivity contribution is 5.93. The molecule has 0 aromatic heterocycles. The van der Waals surface area contributed by atoms with Crippen molar-refractivity contribution in [2.24, 2.45) is 5.92 Å². The van der Waals surface area contributed by atoms with E-state index in [0.29, 0.717) is 38.1 Å². The standard InChI is InChI=1S/C31H42N4O6/c1-5-20(2)27-30(38)35(4)21(3)28(36)34-25(18-22-10-7-6-8-11-22)29(37)33-15-9-12-23-19-24(31(39)40)13-14-26(23)41-17-16-32-27/h6-8,10-11,13-14,19-21,25,27,32H,5,9,12,15-18H2,1-4H3,(H,33,37)(H,34,36)(H,39,40)/t20-,21+,25+,27-/m0/s1. The molecular formula is C31H42N4O6. The van der Waals surface area contributed by atoms with Gasteiger partial charge in [-0.05, 0) is 55.0 Å².